The minimum Gasteiger partial charge on any atom is -0.481 e. The maximum atomic E-state index is 11.7. The first-order valence-corrected chi connectivity index (χ1v) is 6.44. The molecule has 1 atom stereocenters. The van der Waals surface area contributed by atoms with Gasteiger partial charge in [0, 0.05) is 0 Å². The summed E-state index contributed by atoms with van der Waals surface area (Å²) < 4.78 is 5.71. The van der Waals surface area contributed by atoms with Gasteiger partial charge in [-0.3, -0.25) is 4.79 Å². The van der Waals surface area contributed by atoms with Crippen LogP contribution in [0, 0.1) is 19.3 Å². The van der Waals surface area contributed by atoms with E-state index in [4.69, 9.17) is 11.2 Å². The molecule has 1 aromatic rings. The van der Waals surface area contributed by atoms with Crippen molar-refractivity contribution in [2.45, 2.75) is 39.7 Å². The highest BCUT2D eigenvalue weighted by molar-refractivity contribution is 5.80. The second-order valence-electron chi connectivity index (χ2n) is 4.86. The Hall–Kier alpha value is -1.95. The summed E-state index contributed by atoms with van der Waals surface area (Å²) in [5.41, 5.74) is 2.21. The highest BCUT2D eigenvalue weighted by Crippen LogP contribution is 2.25. The fourth-order valence-electron chi connectivity index (χ4n) is 1.63. The minimum absolute atomic E-state index is 0.202. The number of amides is 1. The van der Waals surface area contributed by atoms with Gasteiger partial charge in [0.25, 0.3) is 5.91 Å². The average Bonchev–Trinajstić information content (AvgIpc) is 2.38. The van der Waals surface area contributed by atoms with Crippen LogP contribution in [0.2, 0.25) is 0 Å². The molecule has 0 saturated carbocycles. The van der Waals surface area contributed by atoms with Gasteiger partial charge in [-0.25, -0.2) is 0 Å². The summed E-state index contributed by atoms with van der Waals surface area (Å²) in [5.74, 6) is 3.33. The molecule has 1 N–H and O–H groups in total. The lowest BCUT2D eigenvalue weighted by molar-refractivity contribution is -0.127. The van der Waals surface area contributed by atoms with Crippen LogP contribution in [0.5, 0.6) is 5.75 Å². The molecule has 1 aromatic carbocycles. The van der Waals surface area contributed by atoms with E-state index in [1.807, 2.05) is 19.1 Å². The molecule has 0 saturated heterocycles. The SMILES string of the molecule is C#CCNC(=O)C(C)Oc1cc(C(C)C)ccc1C. The number of ether oxygens (including phenoxy) is 1. The van der Waals surface area contributed by atoms with Gasteiger partial charge >= 0.3 is 0 Å². The van der Waals surface area contributed by atoms with Crippen molar-refractivity contribution in [3.05, 3.63) is 29.3 Å². The lowest BCUT2D eigenvalue weighted by Crippen LogP contribution is -2.36. The number of rotatable bonds is 5. The van der Waals surface area contributed by atoms with Gasteiger partial charge in [-0.2, -0.15) is 0 Å². The third-order valence-electron chi connectivity index (χ3n) is 2.92. The zero-order chi connectivity index (χ0) is 14.4. The van der Waals surface area contributed by atoms with Gasteiger partial charge in [0.05, 0.1) is 6.54 Å². The van der Waals surface area contributed by atoms with Crippen molar-refractivity contribution in [2.75, 3.05) is 6.54 Å². The van der Waals surface area contributed by atoms with Crippen molar-refractivity contribution in [2.24, 2.45) is 0 Å². The number of hydrogen-bond acceptors (Lipinski definition) is 2. The van der Waals surface area contributed by atoms with Crippen LogP contribution in [-0.4, -0.2) is 18.6 Å². The molecule has 19 heavy (non-hydrogen) atoms. The van der Waals surface area contributed by atoms with Crippen molar-refractivity contribution in [1.82, 2.24) is 5.32 Å². The molecule has 1 unspecified atom stereocenters. The van der Waals surface area contributed by atoms with Crippen LogP contribution in [-0.2, 0) is 4.79 Å². The summed E-state index contributed by atoms with van der Waals surface area (Å²) >= 11 is 0. The molecule has 0 heterocycles. The number of nitrogens with one attached hydrogen (secondary N) is 1. The van der Waals surface area contributed by atoms with Crippen LogP contribution >= 0.6 is 0 Å². The van der Waals surface area contributed by atoms with E-state index in [1.165, 1.54) is 5.56 Å². The van der Waals surface area contributed by atoms with E-state index in [1.54, 1.807) is 6.92 Å². The molecule has 1 amide bonds. The van der Waals surface area contributed by atoms with E-state index >= 15 is 0 Å². The lowest BCUT2D eigenvalue weighted by atomic mass is 10.0. The normalized spacial score (nSPS) is 11.8. The van der Waals surface area contributed by atoms with Crippen LogP contribution in [0.15, 0.2) is 18.2 Å². The fraction of sp³-hybridized carbons (Fsp3) is 0.438. The highest BCUT2D eigenvalue weighted by Gasteiger charge is 2.15. The maximum absolute atomic E-state index is 11.7. The van der Waals surface area contributed by atoms with Crippen molar-refractivity contribution < 1.29 is 9.53 Å². The summed E-state index contributed by atoms with van der Waals surface area (Å²) in [5, 5.41) is 2.61. The summed E-state index contributed by atoms with van der Waals surface area (Å²) in [6, 6.07) is 6.08. The molecule has 102 valence electrons. The average molecular weight is 259 g/mol. The number of carbonyl (C=O) groups is 1. The number of aryl methyl sites for hydroxylation is 1. The molecular weight excluding hydrogens is 238 g/mol. The van der Waals surface area contributed by atoms with Crippen LogP contribution in [0.4, 0.5) is 0 Å². The molecule has 3 heteroatoms. The predicted octanol–water partition coefficient (Wildman–Crippen LogP) is 2.64. The van der Waals surface area contributed by atoms with E-state index in [-0.39, 0.29) is 12.5 Å². The Bertz CT molecular complexity index is 486. The number of hydrogen-bond donors (Lipinski definition) is 1. The van der Waals surface area contributed by atoms with Crippen molar-refractivity contribution in [3.8, 4) is 18.1 Å². The van der Waals surface area contributed by atoms with E-state index in [0.717, 1.165) is 11.3 Å². The first-order chi connectivity index (χ1) is 8.95. The summed E-state index contributed by atoms with van der Waals surface area (Å²) in [6.07, 6.45) is 4.54. The molecule has 0 spiro atoms. The molecule has 0 bridgehead atoms. The fourth-order valence-corrected chi connectivity index (χ4v) is 1.63. The van der Waals surface area contributed by atoms with Gasteiger partial charge in [-0.1, -0.05) is 31.9 Å². The highest BCUT2D eigenvalue weighted by atomic mass is 16.5. The van der Waals surface area contributed by atoms with Gasteiger partial charge in [0.15, 0.2) is 6.10 Å². The number of carbonyl (C=O) groups excluding carboxylic acids is 1. The van der Waals surface area contributed by atoms with Crippen LogP contribution in [0.25, 0.3) is 0 Å². The maximum Gasteiger partial charge on any atom is 0.261 e. The standard InChI is InChI=1S/C16H21NO2/c1-6-9-17-16(18)13(5)19-15-10-14(11(2)3)8-7-12(15)4/h1,7-8,10-11,13H,9H2,2-5H3,(H,17,18). The lowest BCUT2D eigenvalue weighted by Gasteiger charge is -2.17. The molecule has 3 nitrogen and oxygen atoms in total. The van der Waals surface area contributed by atoms with Crippen LogP contribution in [0.3, 0.4) is 0 Å². The molecule has 0 aromatic heterocycles. The second kappa shape index (κ2) is 6.84. The second-order valence-corrected chi connectivity index (χ2v) is 4.86. The molecule has 1 rings (SSSR count). The topological polar surface area (TPSA) is 38.3 Å². The third-order valence-corrected chi connectivity index (χ3v) is 2.92. The van der Waals surface area contributed by atoms with E-state index in [9.17, 15) is 4.79 Å². The Labute approximate surface area is 115 Å². The number of benzene rings is 1. The van der Waals surface area contributed by atoms with Gasteiger partial charge in [0.1, 0.15) is 5.75 Å². The predicted molar refractivity (Wildman–Crippen MR) is 77.2 cm³/mol. The summed E-state index contributed by atoms with van der Waals surface area (Å²) in [6.45, 7) is 8.14. The van der Waals surface area contributed by atoms with E-state index in [0.29, 0.717) is 5.92 Å². The summed E-state index contributed by atoms with van der Waals surface area (Å²) in [7, 11) is 0. The Morgan fingerprint density at radius 3 is 2.68 bits per heavy atom. The number of terminal acetylenes is 1. The van der Waals surface area contributed by atoms with Gasteiger partial charge in [0.2, 0.25) is 0 Å². The molecule has 0 fully saturated rings. The zero-order valence-electron chi connectivity index (χ0n) is 12.0. The monoisotopic (exact) mass is 259 g/mol. The van der Waals surface area contributed by atoms with Crippen molar-refractivity contribution in [1.29, 1.82) is 0 Å². The van der Waals surface area contributed by atoms with Gasteiger partial charge < -0.3 is 10.1 Å². The van der Waals surface area contributed by atoms with E-state index < -0.39 is 6.10 Å². The Morgan fingerprint density at radius 1 is 1.42 bits per heavy atom. The zero-order valence-corrected chi connectivity index (χ0v) is 12.0. The van der Waals surface area contributed by atoms with Crippen LogP contribution in [0.1, 0.15) is 37.8 Å². The third kappa shape index (κ3) is 4.33. The van der Waals surface area contributed by atoms with Crippen LogP contribution < -0.4 is 10.1 Å². The van der Waals surface area contributed by atoms with Gasteiger partial charge in [-0.05, 0) is 37.0 Å². The molecule has 0 aliphatic rings. The molecule has 0 radical (unpaired) electrons. The van der Waals surface area contributed by atoms with Crippen molar-refractivity contribution in [3.63, 3.8) is 0 Å². The Balaban J connectivity index is 2.78. The molecular formula is C16H21NO2. The molecule has 0 aliphatic heterocycles. The Kier molecular flexibility index (Phi) is 5.44. The van der Waals surface area contributed by atoms with Crippen molar-refractivity contribution >= 4 is 5.91 Å². The smallest absolute Gasteiger partial charge is 0.261 e. The first kappa shape index (κ1) is 15.1. The first-order valence-electron chi connectivity index (χ1n) is 6.44. The quantitative estimate of drug-likeness (QED) is 0.826. The Morgan fingerprint density at radius 2 is 2.11 bits per heavy atom. The molecule has 0 aliphatic carbocycles. The van der Waals surface area contributed by atoms with E-state index in [2.05, 4.69) is 31.2 Å². The largest absolute Gasteiger partial charge is 0.481 e. The minimum atomic E-state index is -0.561. The van der Waals surface area contributed by atoms with Gasteiger partial charge in [-0.15, -0.1) is 6.42 Å². The summed E-state index contributed by atoms with van der Waals surface area (Å²) in [4.78, 5) is 11.7.